The molecule has 1 saturated heterocycles. The highest BCUT2D eigenvalue weighted by molar-refractivity contribution is 4.78. The van der Waals surface area contributed by atoms with E-state index in [1.54, 1.807) is 0 Å². The van der Waals surface area contributed by atoms with Crippen LogP contribution < -0.4 is 5.73 Å². The Kier molecular flexibility index (Phi) is 3.07. The lowest BCUT2D eigenvalue weighted by Crippen LogP contribution is -2.52. The largest absolute Gasteiger partial charge is 0.633 e. The van der Waals surface area contributed by atoms with Crippen LogP contribution in [-0.4, -0.2) is 43.5 Å². The first-order valence-corrected chi connectivity index (χ1v) is 5.58. The summed E-state index contributed by atoms with van der Waals surface area (Å²) in [7, 11) is 0. The summed E-state index contributed by atoms with van der Waals surface area (Å²) >= 11 is 0. The Hall–Kier alpha value is -0.160. The fourth-order valence-electron chi connectivity index (χ4n) is 2.61. The SMILES string of the molecule is NC1CCC(C[N+]2([O-])CCOCC2)C1. The molecule has 0 spiro atoms. The van der Waals surface area contributed by atoms with E-state index in [-0.39, 0.29) is 4.65 Å². The molecule has 2 aliphatic rings. The molecule has 2 N–H and O–H groups in total. The van der Waals surface area contributed by atoms with Crippen LogP contribution in [0.15, 0.2) is 0 Å². The minimum atomic E-state index is -0.0443. The topological polar surface area (TPSA) is 58.3 Å². The second-order valence-electron chi connectivity index (χ2n) is 4.74. The number of hydrogen-bond donors (Lipinski definition) is 1. The molecule has 1 heterocycles. The van der Waals surface area contributed by atoms with E-state index in [0.29, 0.717) is 38.3 Å². The van der Waals surface area contributed by atoms with Gasteiger partial charge in [0.1, 0.15) is 13.1 Å². The molecule has 2 rings (SSSR count). The van der Waals surface area contributed by atoms with Crippen molar-refractivity contribution in [3.63, 3.8) is 0 Å². The molecular weight excluding hydrogens is 180 g/mol. The molecule has 2 fully saturated rings. The zero-order valence-corrected chi connectivity index (χ0v) is 8.65. The Morgan fingerprint density at radius 1 is 1.29 bits per heavy atom. The number of hydrogen-bond acceptors (Lipinski definition) is 3. The van der Waals surface area contributed by atoms with Gasteiger partial charge in [0.25, 0.3) is 0 Å². The summed E-state index contributed by atoms with van der Waals surface area (Å²) in [5, 5.41) is 12.2. The van der Waals surface area contributed by atoms with Gasteiger partial charge in [-0.25, -0.2) is 0 Å². The Labute approximate surface area is 85.2 Å². The molecule has 0 aromatic heterocycles. The monoisotopic (exact) mass is 200 g/mol. The van der Waals surface area contributed by atoms with E-state index in [4.69, 9.17) is 10.5 Å². The maximum atomic E-state index is 12.2. The molecule has 1 saturated carbocycles. The number of hydroxylamine groups is 3. The average Bonchev–Trinajstić information content (AvgIpc) is 2.51. The maximum absolute atomic E-state index is 12.2. The first-order valence-electron chi connectivity index (χ1n) is 5.58. The van der Waals surface area contributed by atoms with Crippen molar-refractivity contribution < 1.29 is 9.38 Å². The van der Waals surface area contributed by atoms with E-state index in [0.717, 1.165) is 25.8 Å². The Bertz CT molecular complexity index is 193. The highest BCUT2D eigenvalue weighted by atomic mass is 16.6. The van der Waals surface area contributed by atoms with Crippen molar-refractivity contribution in [3.05, 3.63) is 5.21 Å². The molecule has 0 bridgehead atoms. The van der Waals surface area contributed by atoms with Crippen molar-refractivity contribution in [2.24, 2.45) is 11.7 Å². The fourth-order valence-corrected chi connectivity index (χ4v) is 2.61. The normalized spacial score (nSPS) is 37.3. The molecule has 4 nitrogen and oxygen atoms in total. The van der Waals surface area contributed by atoms with Crippen LogP contribution in [-0.2, 0) is 4.74 Å². The number of nitrogens with two attached hydrogens (primary N) is 1. The summed E-state index contributed by atoms with van der Waals surface area (Å²) in [5.74, 6) is 0.556. The van der Waals surface area contributed by atoms with E-state index >= 15 is 0 Å². The summed E-state index contributed by atoms with van der Waals surface area (Å²) in [6.07, 6.45) is 3.29. The van der Waals surface area contributed by atoms with Crippen molar-refractivity contribution in [2.45, 2.75) is 25.3 Å². The number of rotatable bonds is 2. The van der Waals surface area contributed by atoms with Crippen LogP contribution in [0.3, 0.4) is 0 Å². The third-order valence-corrected chi connectivity index (χ3v) is 3.46. The smallest absolute Gasteiger partial charge is 0.102 e. The van der Waals surface area contributed by atoms with Crippen LogP contribution in [0, 0.1) is 11.1 Å². The van der Waals surface area contributed by atoms with Gasteiger partial charge < -0.3 is 20.3 Å². The Morgan fingerprint density at radius 2 is 2.00 bits per heavy atom. The zero-order valence-electron chi connectivity index (χ0n) is 8.65. The first-order chi connectivity index (χ1) is 6.68. The molecule has 2 atom stereocenters. The van der Waals surface area contributed by atoms with Crippen molar-refractivity contribution in [3.8, 4) is 0 Å². The molecule has 2 unspecified atom stereocenters. The predicted octanol–water partition coefficient (Wildman–Crippen LogP) is 0.459. The molecule has 1 aliphatic carbocycles. The van der Waals surface area contributed by atoms with Crippen molar-refractivity contribution in [1.29, 1.82) is 0 Å². The van der Waals surface area contributed by atoms with E-state index in [2.05, 4.69) is 0 Å². The van der Waals surface area contributed by atoms with Crippen LogP contribution in [0.2, 0.25) is 0 Å². The van der Waals surface area contributed by atoms with Gasteiger partial charge in [-0.15, -0.1) is 0 Å². The fraction of sp³-hybridized carbons (Fsp3) is 1.00. The molecule has 82 valence electrons. The molecule has 14 heavy (non-hydrogen) atoms. The average molecular weight is 200 g/mol. The van der Waals surface area contributed by atoms with Gasteiger partial charge in [-0.3, -0.25) is 0 Å². The Morgan fingerprint density at radius 3 is 2.57 bits per heavy atom. The molecule has 0 amide bonds. The van der Waals surface area contributed by atoms with Crippen molar-refractivity contribution in [2.75, 3.05) is 32.8 Å². The lowest BCUT2D eigenvalue weighted by Gasteiger charge is -2.46. The first kappa shape index (κ1) is 10.4. The second kappa shape index (κ2) is 4.14. The number of nitrogens with zero attached hydrogens (tertiary/aromatic N) is 1. The summed E-state index contributed by atoms with van der Waals surface area (Å²) in [6, 6.07) is 0.340. The molecular formula is C10H20N2O2. The van der Waals surface area contributed by atoms with Crippen LogP contribution >= 0.6 is 0 Å². The van der Waals surface area contributed by atoms with Gasteiger partial charge in [-0.2, -0.15) is 0 Å². The van der Waals surface area contributed by atoms with Gasteiger partial charge in [0.2, 0.25) is 0 Å². The van der Waals surface area contributed by atoms with Gasteiger partial charge in [0.15, 0.2) is 0 Å². The summed E-state index contributed by atoms with van der Waals surface area (Å²) in [4.78, 5) is 0. The standard InChI is InChI=1S/C10H20N2O2/c11-10-2-1-9(7-10)8-12(13)3-5-14-6-4-12/h9-10H,1-8,11H2. The highest BCUT2D eigenvalue weighted by Crippen LogP contribution is 2.27. The Balaban J connectivity index is 1.83. The third kappa shape index (κ3) is 2.45. The molecule has 4 heteroatoms. The van der Waals surface area contributed by atoms with Crippen LogP contribution in [0.1, 0.15) is 19.3 Å². The van der Waals surface area contributed by atoms with Crippen LogP contribution in [0.4, 0.5) is 0 Å². The minimum absolute atomic E-state index is 0.0443. The van der Waals surface area contributed by atoms with E-state index in [1.165, 1.54) is 0 Å². The second-order valence-corrected chi connectivity index (χ2v) is 4.74. The summed E-state index contributed by atoms with van der Waals surface area (Å²) in [5.41, 5.74) is 5.84. The van der Waals surface area contributed by atoms with E-state index in [1.807, 2.05) is 0 Å². The quantitative estimate of drug-likeness (QED) is 0.520. The van der Waals surface area contributed by atoms with Gasteiger partial charge in [-0.05, 0) is 19.3 Å². The maximum Gasteiger partial charge on any atom is 0.102 e. The predicted molar refractivity (Wildman–Crippen MR) is 54.4 cm³/mol. The molecule has 0 aromatic carbocycles. The van der Waals surface area contributed by atoms with Gasteiger partial charge >= 0.3 is 0 Å². The minimum Gasteiger partial charge on any atom is -0.633 e. The number of morpholine rings is 1. The van der Waals surface area contributed by atoms with E-state index in [9.17, 15) is 5.21 Å². The zero-order chi connectivity index (χ0) is 10.0. The molecule has 1 aliphatic heterocycles. The number of ether oxygens (including phenoxy) is 1. The lowest BCUT2D eigenvalue weighted by molar-refractivity contribution is -0.891. The van der Waals surface area contributed by atoms with Crippen molar-refractivity contribution >= 4 is 0 Å². The lowest BCUT2D eigenvalue weighted by atomic mass is 10.1. The van der Waals surface area contributed by atoms with Gasteiger partial charge in [-0.1, -0.05) is 0 Å². The van der Waals surface area contributed by atoms with Crippen LogP contribution in [0.5, 0.6) is 0 Å². The number of quaternary nitrogens is 1. The molecule has 0 aromatic rings. The van der Waals surface area contributed by atoms with Crippen molar-refractivity contribution in [1.82, 2.24) is 0 Å². The summed E-state index contributed by atoms with van der Waals surface area (Å²) < 4.78 is 5.17. The van der Waals surface area contributed by atoms with E-state index < -0.39 is 0 Å². The third-order valence-electron chi connectivity index (χ3n) is 3.46. The summed E-state index contributed by atoms with van der Waals surface area (Å²) in [6.45, 7) is 3.28. The molecule has 0 radical (unpaired) electrons. The van der Waals surface area contributed by atoms with Gasteiger partial charge in [0.05, 0.1) is 19.8 Å². The van der Waals surface area contributed by atoms with Crippen LogP contribution in [0.25, 0.3) is 0 Å². The van der Waals surface area contributed by atoms with Gasteiger partial charge in [0, 0.05) is 12.0 Å². The highest BCUT2D eigenvalue weighted by Gasteiger charge is 2.30.